The minimum absolute atomic E-state index is 0.0427. The smallest absolute Gasteiger partial charge is 0.290 e. The van der Waals surface area contributed by atoms with E-state index in [1.165, 1.54) is 22.5 Å². The summed E-state index contributed by atoms with van der Waals surface area (Å²) >= 11 is 1.26. The summed E-state index contributed by atoms with van der Waals surface area (Å²) in [6.45, 7) is 2.93. The van der Waals surface area contributed by atoms with Gasteiger partial charge in [-0.2, -0.15) is 0 Å². The highest BCUT2D eigenvalue weighted by Crippen LogP contribution is 2.41. The van der Waals surface area contributed by atoms with Crippen LogP contribution in [0, 0.1) is 6.92 Å². The summed E-state index contributed by atoms with van der Waals surface area (Å²) in [4.78, 5) is 35.1. The minimum Gasteiger partial charge on any atom is -0.503 e. The molecular formula is C24H25N3O4S. The van der Waals surface area contributed by atoms with Crippen molar-refractivity contribution in [2.45, 2.75) is 19.4 Å². The van der Waals surface area contributed by atoms with Gasteiger partial charge in [0, 0.05) is 12.1 Å². The molecule has 0 radical (unpaired) electrons. The zero-order chi connectivity index (χ0) is 22.8. The summed E-state index contributed by atoms with van der Waals surface area (Å²) in [5.41, 5.74) is 1.52. The number of carbonyl (C=O) groups is 2. The summed E-state index contributed by atoms with van der Waals surface area (Å²) in [7, 11) is 3.91. The molecule has 3 aromatic rings. The largest absolute Gasteiger partial charge is 0.503 e. The van der Waals surface area contributed by atoms with Gasteiger partial charge in [0.05, 0.1) is 22.4 Å². The van der Waals surface area contributed by atoms with Gasteiger partial charge in [0.1, 0.15) is 16.8 Å². The number of rotatable bonds is 8. The van der Waals surface area contributed by atoms with E-state index in [1.54, 1.807) is 19.1 Å². The van der Waals surface area contributed by atoms with E-state index >= 15 is 0 Å². The zero-order valence-electron chi connectivity index (χ0n) is 18.2. The molecule has 1 aromatic carbocycles. The van der Waals surface area contributed by atoms with Crippen molar-refractivity contribution in [3.8, 4) is 10.6 Å². The first kappa shape index (κ1) is 22.0. The van der Waals surface area contributed by atoms with E-state index in [0.29, 0.717) is 34.3 Å². The minimum atomic E-state index is -0.770. The van der Waals surface area contributed by atoms with Crippen molar-refractivity contribution in [3.05, 3.63) is 76.4 Å². The van der Waals surface area contributed by atoms with Crippen molar-refractivity contribution in [2.24, 2.45) is 0 Å². The van der Waals surface area contributed by atoms with Gasteiger partial charge in [0.2, 0.25) is 5.78 Å². The Bertz CT molecular complexity index is 1150. The number of Topliss-reactive ketones (excluding diaryl/α,β-unsaturated/α-hetero) is 1. The lowest BCUT2D eigenvalue weighted by atomic mass is 9.99. The van der Waals surface area contributed by atoms with Crippen LogP contribution in [-0.2, 0) is 4.79 Å². The molecule has 32 heavy (non-hydrogen) atoms. The number of benzene rings is 1. The van der Waals surface area contributed by atoms with Crippen molar-refractivity contribution in [3.63, 3.8) is 0 Å². The number of ketones is 1. The lowest BCUT2D eigenvalue weighted by molar-refractivity contribution is -0.129. The molecule has 2 aromatic heterocycles. The van der Waals surface area contributed by atoms with E-state index in [9.17, 15) is 14.7 Å². The number of aromatic nitrogens is 1. The highest BCUT2D eigenvalue weighted by molar-refractivity contribution is 7.17. The van der Waals surface area contributed by atoms with Crippen LogP contribution in [0.5, 0.6) is 0 Å². The molecule has 0 fully saturated rings. The van der Waals surface area contributed by atoms with E-state index in [-0.39, 0.29) is 5.57 Å². The van der Waals surface area contributed by atoms with Gasteiger partial charge in [-0.1, -0.05) is 30.3 Å². The van der Waals surface area contributed by atoms with E-state index in [2.05, 4.69) is 4.98 Å². The Labute approximate surface area is 190 Å². The zero-order valence-corrected chi connectivity index (χ0v) is 19.1. The van der Waals surface area contributed by atoms with Crippen molar-refractivity contribution in [2.75, 3.05) is 27.2 Å². The fourth-order valence-electron chi connectivity index (χ4n) is 3.85. The molecule has 1 aliphatic rings. The molecule has 1 N–H and O–H groups in total. The summed E-state index contributed by atoms with van der Waals surface area (Å²) in [6, 6.07) is 12.3. The lowest BCUT2D eigenvalue weighted by Gasteiger charge is -2.25. The number of hydrogen-bond acceptors (Lipinski definition) is 7. The molecule has 1 amide bonds. The average molecular weight is 452 g/mol. The number of carbonyl (C=O) groups excluding carboxylic acids is 2. The second-order valence-corrected chi connectivity index (χ2v) is 8.96. The summed E-state index contributed by atoms with van der Waals surface area (Å²) in [5.74, 6) is -1.03. The van der Waals surface area contributed by atoms with Crippen LogP contribution >= 0.6 is 11.3 Å². The molecule has 166 valence electrons. The molecule has 8 heteroatoms. The number of thiazole rings is 1. The van der Waals surface area contributed by atoms with E-state index in [4.69, 9.17) is 4.42 Å². The molecule has 0 saturated carbocycles. The molecule has 0 bridgehead atoms. The molecule has 7 nitrogen and oxygen atoms in total. The normalized spacial score (nSPS) is 16.4. The van der Waals surface area contributed by atoms with Crippen LogP contribution in [0.15, 0.2) is 64.5 Å². The van der Waals surface area contributed by atoms with Gasteiger partial charge in [0.25, 0.3) is 5.91 Å². The van der Waals surface area contributed by atoms with E-state index < -0.39 is 23.5 Å². The van der Waals surface area contributed by atoms with Crippen LogP contribution in [0.4, 0.5) is 0 Å². The Morgan fingerprint density at radius 1 is 1.22 bits per heavy atom. The molecule has 0 saturated heterocycles. The lowest BCUT2D eigenvalue weighted by Crippen LogP contribution is -2.33. The molecule has 1 atom stereocenters. The van der Waals surface area contributed by atoms with Crippen LogP contribution in [-0.4, -0.2) is 58.8 Å². The summed E-state index contributed by atoms with van der Waals surface area (Å²) in [5, 5.41) is 11.5. The van der Waals surface area contributed by atoms with E-state index in [1.807, 2.05) is 49.3 Å². The van der Waals surface area contributed by atoms with Gasteiger partial charge in [-0.3, -0.25) is 9.59 Å². The number of nitrogens with zero attached hydrogens (tertiary/aromatic N) is 3. The molecule has 0 aliphatic carbocycles. The van der Waals surface area contributed by atoms with Crippen LogP contribution in [0.1, 0.15) is 33.6 Å². The van der Waals surface area contributed by atoms with Crippen molar-refractivity contribution in [1.29, 1.82) is 0 Å². The Morgan fingerprint density at radius 3 is 2.62 bits per heavy atom. The molecule has 4 rings (SSSR count). The number of hydrogen-bond donors (Lipinski definition) is 1. The quantitative estimate of drug-likeness (QED) is 0.516. The van der Waals surface area contributed by atoms with Crippen LogP contribution in [0.3, 0.4) is 0 Å². The van der Waals surface area contributed by atoms with Crippen LogP contribution < -0.4 is 0 Å². The van der Waals surface area contributed by atoms with Crippen LogP contribution in [0.25, 0.3) is 10.6 Å². The SMILES string of the molecule is Cc1nc(-c2ccccc2)sc1C(=O)C1=C(O)C(=O)N(CCCN(C)C)C1c1ccco1. The number of aliphatic hydroxyl groups is 1. The second kappa shape index (κ2) is 9.10. The van der Waals surface area contributed by atoms with Gasteiger partial charge in [0.15, 0.2) is 5.76 Å². The fourth-order valence-corrected chi connectivity index (χ4v) is 4.88. The molecule has 1 aliphatic heterocycles. The van der Waals surface area contributed by atoms with Crippen molar-refractivity contribution < 1.29 is 19.1 Å². The highest BCUT2D eigenvalue weighted by Gasteiger charge is 2.45. The summed E-state index contributed by atoms with van der Waals surface area (Å²) in [6.07, 6.45) is 2.20. The first-order valence-electron chi connectivity index (χ1n) is 10.4. The molecular weight excluding hydrogens is 426 g/mol. The molecule has 3 heterocycles. The van der Waals surface area contributed by atoms with Gasteiger partial charge in [-0.25, -0.2) is 4.98 Å². The topological polar surface area (TPSA) is 86.9 Å². The van der Waals surface area contributed by atoms with Crippen molar-refractivity contribution in [1.82, 2.24) is 14.8 Å². The Morgan fingerprint density at radius 2 is 1.97 bits per heavy atom. The first-order chi connectivity index (χ1) is 15.4. The summed E-state index contributed by atoms with van der Waals surface area (Å²) < 4.78 is 5.58. The van der Waals surface area contributed by atoms with Crippen molar-refractivity contribution >= 4 is 23.0 Å². The van der Waals surface area contributed by atoms with E-state index in [0.717, 1.165) is 12.1 Å². The highest BCUT2D eigenvalue weighted by atomic mass is 32.1. The number of aryl methyl sites for hydroxylation is 1. The maximum Gasteiger partial charge on any atom is 0.290 e. The number of aliphatic hydroxyl groups excluding tert-OH is 1. The molecule has 0 spiro atoms. The third-order valence-electron chi connectivity index (χ3n) is 5.39. The molecule has 1 unspecified atom stereocenters. The Balaban J connectivity index is 1.70. The Hall–Kier alpha value is -3.23. The third-order valence-corrected chi connectivity index (χ3v) is 6.59. The van der Waals surface area contributed by atoms with Gasteiger partial charge in [-0.15, -0.1) is 11.3 Å². The van der Waals surface area contributed by atoms with Gasteiger partial charge in [-0.05, 0) is 46.1 Å². The maximum atomic E-state index is 13.6. The van der Waals surface area contributed by atoms with Gasteiger partial charge < -0.3 is 19.3 Å². The predicted molar refractivity (Wildman–Crippen MR) is 123 cm³/mol. The Kier molecular flexibility index (Phi) is 6.25. The average Bonchev–Trinajstić information content (AvgIpc) is 3.49. The first-order valence-corrected chi connectivity index (χ1v) is 11.2. The maximum absolute atomic E-state index is 13.6. The number of amides is 1. The van der Waals surface area contributed by atoms with Gasteiger partial charge >= 0.3 is 0 Å². The third kappa shape index (κ3) is 4.11. The standard InChI is InChI=1S/C24H25N3O4S/c1-15-22(32-23(25-15)16-9-5-4-6-10-16)20(28)18-19(17-11-7-14-31-17)27(24(30)21(18)29)13-8-12-26(2)3/h4-7,9-11,14,19,29H,8,12-13H2,1-3H3. The van der Waals surface area contributed by atoms with Crippen LogP contribution in [0.2, 0.25) is 0 Å². The monoisotopic (exact) mass is 451 g/mol. The fraction of sp³-hybridized carbons (Fsp3) is 0.292. The predicted octanol–water partition coefficient (Wildman–Crippen LogP) is 4.24. The second-order valence-electron chi connectivity index (χ2n) is 7.96. The number of furan rings is 1.